The van der Waals surface area contributed by atoms with Gasteiger partial charge in [-0.1, -0.05) is 35.9 Å². The predicted octanol–water partition coefficient (Wildman–Crippen LogP) is 5.06. The molecule has 1 N–H and O–H groups in total. The number of dihydropyridines is 1. The molecule has 0 fully saturated rings. The van der Waals surface area contributed by atoms with E-state index in [1.54, 1.807) is 64.3 Å². The summed E-state index contributed by atoms with van der Waals surface area (Å²) in [5.41, 5.74) is 3.52. The summed E-state index contributed by atoms with van der Waals surface area (Å²) in [6, 6.07) is 14.3. The van der Waals surface area contributed by atoms with E-state index >= 15 is 0 Å². The van der Waals surface area contributed by atoms with Crippen LogP contribution >= 0.6 is 11.6 Å². The lowest BCUT2D eigenvalue weighted by molar-refractivity contribution is -0.152. The first kappa shape index (κ1) is 26.5. The zero-order chi connectivity index (χ0) is 26.7. The van der Waals surface area contributed by atoms with E-state index in [9.17, 15) is 14.4 Å². The van der Waals surface area contributed by atoms with Crippen molar-refractivity contribution in [3.05, 3.63) is 87.2 Å². The van der Waals surface area contributed by atoms with E-state index in [-0.39, 0.29) is 19.0 Å². The third-order valence-corrected chi connectivity index (χ3v) is 7.05. The van der Waals surface area contributed by atoms with Crippen molar-refractivity contribution < 1.29 is 28.6 Å². The Balaban J connectivity index is 1.87. The van der Waals surface area contributed by atoms with Crippen LogP contribution in [0.25, 0.3) is 0 Å². The fourth-order valence-corrected chi connectivity index (χ4v) is 5.30. The lowest BCUT2D eigenvalue weighted by Gasteiger charge is -2.39. The Kier molecular flexibility index (Phi) is 8.03. The number of hydrogen-bond acceptors (Lipinski definition) is 7. The number of rotatable bonds is 7. The number of hydrogen-bond donors (Lipinski definition) is 1. The molecule has 0 aromatic heterocycles. The monoisotopic (exact) mass is 523 g/mol. The van der Waals surface area contributed by atoms with Gasteiger partial charge in [0.05, 0.1) is 25.9 Å². The molecule has 1 aliphatic carbocycles. The summed E-state index contributed by atoms with van der Waals surface area (Å²) >= 11 is 6.14. The molecular formula is C29H30ClNO6. The van der Waals surface area contributed by atoms with Crippen LogP contribution in [0.1, 0.15) is 50.2 Å². The second kappa shape index (κ2) is 11.2. The van der Waals surface area contributed by atoms with Crippen LogP contribution in [0, 0.1) is 5.92 Å². The van der Waals surface area contributed by atoms with Crippen molar-refractivity contribution in [2.75, 3.05) is 20.3 Å². The van der Waals surface area contributed by atoms with Crippen LogP contribution in [0.3, 0.4) is 0 Å². The smallest absolute Gasteiger partial charge is 0.336 e. The maximum atomic E-state index is 14.2. The second-order valence-electron chi connectivity index (χ2n) is 8.94. The molecule has 4 rings (SSSR count). The molecule has 0 saturated carbocycles. The molecule has 194 valence electrons. The number of allylic oxidation sites excluding steroid dienone is 3. The number of nitrogens with one attached hydrogen (secondary N) is 1. The zero-order valence-corrected chi connectivity index (χ0v) is 22.1. The normalized spacial score (nSPS) is 21.2. The van der Waals surface area contributed by atoms with E-state index in [2.05, 4.69) is 5.32 Å². The maximum Gasteiger partial charge on any atom is 0.336 e. The van der Waals surface area contributed by atoms with Gasteiger partial charge < -0.3 is 19.5 Å². The molecule has 2 aromatic rings. The first-order valence-electron chi connectivity index (χ1n) is 12.3. The average molecular weight is 524 g/mol. The standard InChI is InChI=1S/C29H30ClNO6/c1-5-36-28(33)23-16(3)31-22-15-21(17-9-13-20(35-4)14-10-17)25(29(34)37-6-2)27(32)26(22)24(23)18-7-11-19(30)12-8-18/h7-14,21,24-25,31H,5-6,15H2,1-4H3/t21-,24+,25-/m0/s1. The van der Waals surface area contributed by atoms with Gasteiger partial charge in [0.1, 0.15) is 11.7 Å². The van der Waals surface area contributed by atoms with Crippen molar-refractivity contribution in [2.24, 2.45) is 5.92 Å². The van der Waals surface area contributed by atoms with Gasteiger partial charge in [-0.3, -0.25) is 9.59 Å². The maximum absolute atomic E-state index is 14.2. The minimum absolute atomic E-state index is 0.149. The minimum Gasteiger partial charge on any atom is -0.497 e. The van der Waals surface area contributed by atoms with E-state index in [0.717, 1.165) is 5.56 Å². The van der Waals surface area contributed by atoms with Gasteiger partial charge in [-0.25, -0.2) is 4.79 Å². The van der Waals surface area contributed by atoms with E-state index in [0.29, 0.717) is 45.3 Å². The average Bonchev–Trinajstić information content (AvgIpc) is 2.88. The summed E-state index contributed by atoms with van der Waals surface area (Å²) < 4.78 is 16.0. The van der Waals surface area contributed by atoms with Gasteiger partial charge in [-0.15, -0.1) is 0 Å². The van der Waals surface area contributed by atoms with Crippen molar-refractivity contribution in [1.82, 2.24) is 5.32 Å². The van der Waals surface area contributed by atoms with Gasteiger partial charge in [-0.2, -0.15) is 0 Å². The molecule has 0 radical (unpaired) electrons. The number of methoxy groups -OCH3 is 1. The van der Waals surface area contributed by atoms with Crippen molar-refractivity contribution in [3.63, 3.8) is 0 Å². The molecule has 8 heteroatoms. The SMILES string of the molecule is CCOC(=O)C1=C(C)NC2=C(C(=O)[C@@H](C(=O)OCC)[C@H](c3ccc(OC)cc3)C2)[C@@H]1c1ccc(Cl)cc1. The molecular weight excluding hydrogens is 494 g/mol. The first-order valence-corrected chi connectivity index (χ1v) is 12.7. The molecule has 7 nitrogen and oxygen atoms in total. The number of halogens is 1. The van der Waals surface area contributed by atoms with Crippen molar-refractivity contribution in [1.29, 1.82) is 0 Å². The third-order valence-electron chi connectivity index (χ3n) is 6.80. The van der Waals surface area contributed by atoms with Crippen LogP contribution in [-0.4, -0.2) is 38.0 Å². The van der Waals surface area contributed by atoms with Gasteiger partial charge >= 0.3 is 11.9 Å². The van der Waals surface area contributed by atoms with Gasteiger partial charge in [0.25, 0.3) is 0 Å². The summed E-state index contributed by atoms with van der Waals surface area (Å²) in [6.07, 6.45) is 0.383. The Morgan fingerprint density at radius 3 is 2.19 bits per heavy atom. The third kappa shape index (κ3) is 5.14. The summed E-state index contributed by atoms with van der Waals surface area (Å²) in [4.78, 5) is 40.6. The molecule has 0 unspecified atom stereocenters. The number of carbonyl (C=O) groups is 3. The molecule has 3 atom stereocenters. The van der Waals surface area contributed by atoms with Gasteiger partial charge in [0.15, 0.2) is 5.78 Å². The Morgan fingerprint density at radius 2 is 1.59 bits per heavy atom. The molecule has 2 aromatic carbocycles. The Morgan fingerprint density at radius 1 is 0.973 bits per heavy atom. The molecule has 37 heavy (non-hydrogen) atoms. The number of carbonyl (C=O) groups excluding carboxylic acids is 3. The number of ketones is 1. The van der Waals surface area contributed by atoms with Gasteiger partial charge in [0, 0.05) is 33.8 Å². The number of Topliss-reactive ketones (excluding diaryl/α,β-unsaturated/α-hetero) is 1. The van der Waals surface area contributed by atoms with Crippen LogP contribution < -0.4 is 10.1 Å². The largest absolute Gasteiger partial charge is 0.497 e. The molecule has 0 spiro atoms. The highest BCUT2D eigenvalue weighted by Crippen LogP contribution is 2.48. The zero-order valence-electron chi connectivity index (χ0n) is 21.3. The number of ether oxygens (including phenoxy) is 3. The minimum atomic E-state index is -1.06. The summed E-state index contributed by atoms with van der Waals surface area (Å²) in [5.74, 6) is -3.03. The molecule has 0 amide bonds. The van der Waals surface area contributed by atoms with E-state index in [1.165, 1.54) is 0 Å². The Labute approximate surface area is 221 Å². The number of benzene rings is 2. The van der Waals surface area contributed by atoms with Crippen molar-refractivity contribution >= 4 is 29.3 Å². The van der Waals surface area contributed by atoms with Crippen LogP contribution in [0.4, 0.5) is 0 Å². The molecule has 2 aliphatic rings. The highest BCUT2D eigenvalue weighted by molar-refractivity contribution is 6.30. The fraction of sp³-hybridized carbons (Fsp3) is 0.345. The van der Waals surface area contributed by atoms with Crippen LogP contribution in [0.5, 0.6) is 5.75 Å². The Hall–Kier alpha value is -3.58. The lowest BCUT2D eigenvalue weighted by atomic mass is 9.67. The quantitative estimate of drug-likeness (QED) is 0.400. The highest BCUT2D eigenvalue weighted by Gasteiger charge is 2.49. The Bertz CT molecular complexity index is 1260. The van der Waals surface area contributed by atoms with Crippen molar-refractivity contribution in [3.8, 4) is 5.75 Å². The lowest BCUT2D eigenvalue weighted by Crippen LogP contribution is -2.43. The number of esters is 2. The molecule has 0 saturated heterocycles. The summed E-state index contributed by atoms with van der Waals surface area (Å²) in [7, 11) is 1.58. The molecule has 1 heterocycles. The first-order chi connectivity index (χ1) is 17.8. The fourth-order valence-electron chi connectivity index (χ4n) is 5.17. The highest BCUT2D eigenvalue weighted by atomic mass is 35.5. The molecule has 1 aliphatic heterocycles. The van der Waals surface area contributed by atoms with Gasteiger partial charge in [0.2, 0.25) is 0 Å². The van der Waals surface area contributed by atoms with E-state index < -0.39 is 29.7 Å². The van der Waals surface area contributed by atoms with E-state index in [1.807, 2.05) is 12.1 Å². The van der Waals surface area contributed by atoms with Crippen LogP contribution in [-0.2, 0) is 23.9 Å². The van der Waals surface area contributed by atoms with E-state index in [4.69, 9.17) is 25.8 Å². The van der Waals surface area contributed by atoms with Crippen LogP contribution in [0.2, 0.25) is 5.02 Å². The summed E-state index contributed by atoms with van der Waals surface area (Å²) in [5, 5.41) is 3.83. The second-order valence-corrected chi connectivity index (χ2v) is 9.38. The topological polar surface area (TPSA) is 90.9 Å². The molecule has 0 bridgehead atoms. The predicted molar refractivity (Wildman–Crippen MR) is 139 cm³/mol. The van der Waals surface area contributed by atoms with Crippen LogP contribution in [0.15, 0.2) is 71.1 Å². The van der Waals surface area contributed by atoms with Crippen molar-refractivity contribution in [2.45, 2.75) is 39.0 Å². The van der Waals surface area contributed by atoms with Gasteiger partial charge in [-0.05, 0) is 62.6 Å². The summed E-state index contributed by atoms with van der Waals surface area (Å²) in [6.45, 7) is 5.57.